The molecule has 0 aromatic heterocycles. The van der Waals surface area contributed by atoms with Gasteiger partial charge in [0.1, 0.15) is 5.37 Å². The molecule has 1 atom stereocenters. The first-order valence-corrected chi connectivity index (χ1v) is 6.16. The lowest BCUT2D eigenvalue weighted by Crippen LogP contribution is -2.64. The van der Waals surface area contributed by atoms with Crippen LogP contribution in [0.5, 0.6) is 0 Å². The normalized spacial score (nSPS) is 32.2. The molecule has 0 bridgehead atoms. The van der Waals surface area contributed by atoms with Gasteiger partial charge in [0, 0.05) is 12.0 Å². The van der Waals surface area contributed by atoms with Crippen LogP contribution in [0.4, 0.5) is 0 Å². The molecule has 2 rings (SSSR count). The van der Waals surface area contributed by atoms with Crippen LogP contribution in [0.1, 0.15) is 6.92 Å². The van der Waals surface area contributed by atoms with Crippen molar-refractivity contribution in [3.8, 4) is 0 Å². The van der Waals surface area contributed by atoms with E-state index in [1.54, 1.807) is 16.7 Å². The summed E-state index contributed by atoms with van der Waals surface area (Å²) in [6.07, 6.45) is 1.93. The van der Waals surface area contributed by atoms with E-state index in [0.29, 0.717) is 0 Å². The highest BCUT2D eigenvalue weighted by molar-refractivity contribution is 9.26. The van der Waals surface area contributed by atoms with Crippen LogP contribution in [-0.2, 0) is 4.79 Å². The van der Waals surface area contributed by atoms with Crippen LogP contribution in [0.2, 0.25) is 0 Å². The minimum Gasteiger partial charge on any atom is -0.302 e. The Morgan fingerprint density at radius 2 is 2.42 bits per heavy atom. The average molecular weight is 313 g/mol. The summed E-state index contributed by atoms with van der Waals surface area (Å²) in [7, 11) is 0. The van der Waals surface area contributed by atoms with Crippen molar-refractivity contribution >= 4 is 49.5 Å². The molecule has 1 fully saturated rings. The summed E-state index contributed by atoms with van der Waals surface area (Å²) >= 11 is 8.51. The molecule has 5 heteroatoms. The second-order valence-corrected chi connectivity index (χ2v) is 7.61. The molecule has 2 nitrogen and oxygen atoms in total. The van der Waals surface area contributed by atoms with E-state index in [2.05, 4.69) is 31.9 Å². The van der Waals surface area contributed by atoms with Crippen LogP contribution < -0.4 is 0 Å². The van der Waals surface area contributed by atoms with Crippen molar-refractivity contribution in [1.29, 1.82) is 0 Å². The molecular weight excluding hydrogens is 306 g/mol. The number of β-lactam (4-membered cyclic amide) rings is 1. The van der Waals surface area contributed by atoms with Gasteiger partial charge in [-0.25, -0.2) is 0 Å². The highest BCUT2D eigenvalue weighted by atomic mass is 79.9. The highest BCUT2D eigenvalue weighted by Crippen LogP contribution is 2.51. The van der Waals surface area contributed by atoms with Gasteiger partial charge in [-0.3, -0.25) is 4.79 Å². The third-order valence-corrected chi connectivity index (χ3v) is 5.58. The first kappa shape index (κ1) is 9.09. The van der Waals surface area contributed by atoms with Gasteiger partial charge in [0.25, 0.3) is 5.91 Å². The molecule has 12 heavy (non-hydrogen) atoms. The fourth-order valence-corrected chi connectivity index (χ4v) is 4.06. The van der Waals surface area contributed by atoms with E-state index in [-0.39, 0.29) is 11.3 Å². The lowest BCUT2D eigenvalue weighted by Gasteiger charge is -2.49. The minimum absolute atomic E-state index is 0.0963. The predicted octanol–water partition coefficient (Wildman–Crippen LogP) is 2.29. The average Bonchev–Trinajstić information content (AvgIpc) is 2.03. The summed E-state index contributed by atoms with van der Waals surface area (Å²) in [5.74, 6) is 1.10. The van der Waals surface area contributed by atoms with Crippen LogP contribution in [0.15, 0.2) is 11.8 Å². The lowest BCUT2D eigenvalue weighted by molar-refractivity contribution is -0.137. The van der Waals surface area contributed by atoms with E-state index in [1.807, 2.05) is 13.1 Å². The van der Waals surface area contributed by atoms with Crippen LogP contribution in [0, 0.1) is 0 Å². The van der Waals surface area contributed by atoms with Gasteiger partial charge in [-0.15, -0.1) is 11.8 Å². The molecule has 1 amide bonds. The van der Waals surface area contributed by atoms with E-state index in [1.165, 1.54) is 5.57 Å². The van der Waals surface area contributed by atoms with E-state index >= 15 is 0 Å². The molecule has 0 saturated carbocycles. The second-order valence-electron chi connectivity index (χ2n) is 2.97. The molecule has 1 saturated heterocycles. The second kappa shape index (κ2) is 2.75. The predicted molar refractivity (Wildman–Crippen MR) is 57.4 cm³/mol. The molecule has 66 valence electrons. The molecule has 0 spiro atoms. The Labute approximate surface area is 92.0 Å². The molecule has 0 aromatic rings. The third kappa shape index (κ3) is 1.09. The molecule has 2 aliphatic rings. The maximum Gasteiger partial charge on any atom is 0.258 e. The molecule has 0 aromatic carbocycles. The Morgan fingerprint density at radius 3 is 3.08 bits per heavy atom. The Hall–Kier alpha value is 0.520. The van der Waals surface area contributed by atoms with Crippen molar-refractivity contribution in [3.63, 3.8) is 0 Å². The number of thioether (sulfide) groups is 1. The van der Waals surface area contributed by atoms with Gasteiger partial charge in [0.05, 0.1) is 0 Å². The summed E-state index contributed by atoms with van der Waals surface area (Å²) in [6.45, 7) is 2.04. The first-order chi connectivity index (χ1) is 5.53. The summed E-state index contributed by atoms with van der Waals surface area (Å²) in [4.78, 5) is 13.2. The number of carbonyl (C=O) groups is 1. The molecule has 0 N–H and O–H groups in total. The quantitative estimate of drug-likeness (QED) is 0.505. The number of amides is 1. The number of halogens is 2. The summed E-state index contributed by atoms with van der Waals surface area (Å²) in [6, 6.07) is 0. The van der Waals surface area contributed by atoms with Crippen molar-refractivity contribution in [2.75, 3.05) is 5.75 Å². The van der Waals surface area contributed by atoms with Gasteiger partial charge in [-0.1, -0.05) is 31.9 Å². The Balaban J connectivity index is 2.26. The molecule has 0 aliphatic carbocycles. The summed E-state index contributed by atoms with van der Waals surface area (Å²) in [5, 5.41) is 0.216. The third-order valence-electron chi connectivity index (χ3n) is 1.91. The molecule has 0 unspecified atom stereocenters. The van der Waals surface area contributed by atoms with Crippen molar-refractivity contribution in [3.05, 3.63) is 11.8 Å². The fourth-order valence-electron chi connectivity index (χ4n) is 1.29. The lowest BCUT2D eigenvalue weighted by atomic mass is 10.2. The van der Waals surface area contributed by atoms with Gasteiger partial charge in [-0.2, -0.15) is 0 Å². The standard InChI is InChI=1S/C7H7Br2NOS/c1-4-2-10-5(11)7(8,9)6(10)12-3-4/h2,6H,3H2,1H3/t6-/m0/s1. The van der Waals surface area contributed by atoms with Gasteiger partial charge in [0.15, 0.2) is 3.23 Å². The van der Waals surface area contributed by atoms with Gasteiger partial charge in [-0.05, 0) is 12.5 Å². The Morgan fingerprint density at radius 1 is 1.75 bits per heavy atom. The van der Waals surface area contributed by atoms with Crippen LogP contribution in [-0.4, -0.2) is 25.2 Å². The maximum atomic E-state index is 11.4. The monoisotopic (exact) mass is 311 g/mol. The van der Waals surface area contributed by atoms with E-state index in [9.17, 15) is 4.79 Å². The molecule has 0 radical (unpaired) electrons. The van der Waals surface area contributed by atoms with Crippen LogP contribution in [0.3, 0.4) is 0 Å². The highest BCUT2D eigenvalue weighted by Gasteiger charge is 2.58. The number of alkyl halides is 2. The van der Waals surface area contributed by atoms with Crippen molar-refractivity contribution in [2.45, 2.75) is 15.5 Å². The molecule has 2 heterocycles. The summed E-state index contributed by atoms with van der Waals surface area (Å²) < 4.78 is -0.512. The number of hydrogen-bond acceptors (Lipinski definition) is 2. The van der Waals surface area contributed by atoms with Crippen molar-refractivity contribution in [2.24, 2.45) is 0 Å². The van der Waals surface area contributed by atoms with E-state index in [4.69, 9.17) is 0 Å². The number of hydrogen-bond donors (Lipinski definition) is 0. The van der Waals surface area contributed by atoms with Crippen molar-refractivity contribution in [1.82, 2.24) is 4.90 Å². The minimum atomic E-state index is -0.512. The number of rotatable bonds is 0. The Kier molecular flexibility index (Phi) is 2.09. The largest absolute Gasteiger partial charge is 0.302 e. The zero-order chi connectivity index (χ0) is 8.93. The zero-order valence-corrected chi connectivity index (χ0v) is 10.4. The fraction of sp³-hybridized carbons (Fsp3) is 0.571. The summed E-state index contributed by atoms with van der Waals surface area (Å²) in [5.41, 5.74) is 1.25. The number of carbonyl (C=O) groups excluding carboxylic acids is 1. The zero-order valence-electron chi connectivity index (χ0n) is 6.38. The van der Waals surface area contributed by atoms with Crippen LogP contribution in [0.25, 0.3) is 0 Å². The number of fused-ring (bicyclic) bond motifs is 1. The van der Waals surface area contributed by atoms with Gasteiger partial charge in [0.2, 0.25) is 0 Å². The van der Waals surface area contributed by atoms with Gasteiger partial charge < -0.3 is 4.90 Å². The smallest absolute Gasteiger partial charge is 0.258 e. The first-order valence-electron chi connectivity index (χ1n) is 3.53. The van der Waals surface area contributed by atoms with E-state index in [0.717, 1.165) is 5.75 Å². The van der Waals surface area contributed by atoms with E-state index < -0.39 is 3.23 Å². The topological polar surface area (TPSA) is 20.3 Å². The number of nitrogens with zero attached hydrogens (tertiary/aromatic N) is 1. The van der Waals surface area contributed by atoms with Gasteiger partial charge >= 0.3 is 0 Å². The maximum absolute atomic E-state index is 11.4. The molecule has 2 aliphatic heterocycles. The van der Waals surface area contributed by atoms with Crippen LogP contribution >= 0.6 is 43.6 Å². The SMILES string of the molecule is CC1=CN2C(=O)C(Br)(Br)[C@@H]2SC1. The molecular formula is C7H7Br2NOS. The van der Waals surface area contributed by atoms with Crippen molar-refractivity contribution < 1.29 is 4.79 Å². The Bertz CT molecular complexity index is 277.